The number of aromatic nitrogens is 2. The highest BCUT2D eigenvalue weighted by Gasteiger charge is 2.27. The fourth-order valence-corrected chi connectivity index (χ4v) is 2.45. The van der Waals surface area contributed by atoms with Gasteiger partial charge in [-0.15, -0.1) is 5.11 Å². The molecular formula is C18H17N7O3S. The van der Waals surface area contributed by atoms with Gasteiger partial charge in [0.05, 0.1) is 12.3 Å². The second kappa shape index (κ2) is 9.10. The van der Waals surface area contributed by atoms with Crippen molar-refractivity contribution >= 4 is 39.6 Å². The van der Waals surface area contributed by atoms with Gasteiger partial charge >= 0.3 is 6.17 Å². The van der Waals surface area contributed by atoms with E-state index in [1.165, 1.54) is 24.3 Å². The van der Waals surface area contributed by atoms with Gasteiger partial charge in [-0.2, -0.15) is 5.10 Å². The summed E-state index contributed by atoms with van der Waals surface area (Å²) in [6.45, 7) is 20.3. The summed E-state index contributed by atoms with van der Waals surface area (Å²) in [5, 5.41) is 14.3. The molecule has 11 heteroatoms. The molecular weight excluding hydrogens is 394 g/mol. The van der Waals surface area contributed by atoms with Crippen molar-refractivity contribution < 1.29 is 13.6 Å². The monoisotopic (exact) mass is 411 g/mol. The average Bonchev–Trinajstić information content (AvgIpc) is 3.10. The lowest BCUT2D eigenvalue weighted by Crippen LogP contribution is -2.14. The van der Waals surface area contributed by atoms with Gasteiger partial charge in [-0.3, -0.25) is 14.7 Å². The highest BCUT2D eigenvalue weighted by atomic mass is 32.2. The van der Waals surface area contributed by atoms with Crippen LogP contribution in [0, 0.1) is 13.1 Å². The maximum absolute atomic E-state index is 12.5. The number of ketones is 1. The van der Waals surface area contributed by atoms with Gasteiger partial charge in [0.25, 0.3) is 11.5 Å². The lowest BCUT2D eigenvalue weighted by atomic mass is 9.91. The van der Waals surface area contributed by atoms with Crippen molar-refractivity contribution in [1.29, 1.82) is 0 Å². The van der Waals surface area contributed by atoms with E-state index in [1.54, 1.807) is 0 Å². The molecule has 1 heterocycles. The van der Waals surface area contributed by atoms with Crippen molar-refractivity contribution in [2.24, 2.45) is 15.2 Å². The van der Waals surface area contributed by atoms with Crippen LogP contribution < -0.4 is 0 Å². The lowest BCUT2D eigenvalue weighted by molar-refractivity contribution is 0.0976. The Morgan fingerprint density at radius 3 is 2.48 bits per heavy atom. The van der Waals surface area contributed by atoms with Crippen LogP contribution in [0.15, 0.2) is 39.5 Å². The van der Waals surface area contributed by atoms with Gasteiger partial charge in [0.1, 0.15) is 5.55 Å². The SMILES string of the molecule is [C-]#[N+]c1c(N=NC([N+]#[C-])C(=O)c2ccc(N=CS(=O)O)cc2)n[nH]c1C(C)(C)C. The van der Waals surface area contributed by atoms with Crippen molar-refractivity contribution in [3.05, 3.63) is 58.4 Å². The molecule has 0 aliphatic rings. The number of nitrogens with one attached hydrogen (secondary N) is 1. The van der Waals surface area contributed by atoms with Crippen LogP contribution >= 0.6 is 0 Å². The summed E-state index contributed by atoms with van der Waals surface area (Å²) >= 11 is -2.17. The van der Waals surface area contributed by atoms with Crippen LogP contribution in [-0.2, 0) is 16.5 Å². The number of nitrogens with zero attached hydrogens (tertiary/aromatic N) is 6. The molecule has 0 saturated carbocycles. The Morgan fingerprint density at radius 2 is 1.97 bits per heavy atom. The van der Waals surface area contributed by atoms with E-state index < -0.39 is 23.0 Å². The van der Waals surface area contributed by atoms with Gasteiger partial charge in [-0.05, 0) is 29.7 Å². The number of carbonyl (C=O) groups is 1. The summed E-state index contributed by atoms with van der Waals surface area (Å²) in [5.74, 6) is -0.561. The van der Waals surface area contributed by atoms with Gasteiger partial charge in [0, 0.05) is 11.3 Å². The smallest absolute Gasteiger partial charge is 0.302 e. The minimum absolute atomic E-state index is 0.0214. The Balaban J connectivity index is 2.23. The molecule has 1 aromatic heterocycles. The van der Waals surface area contributed by atoms with E-state index in [1.807, 2.05) is 20.8 Å². The molecule has 2 atom stereocenters. The molecule has 0 fully saturated rings. The molecule has 0 bridgehead atoms. The van der Waals surface area contributed by atoms with Gasteiger partial charge < -0.3 is 4.55 Å². The maximum Gasteiger partial charge on any atom is 0.395 e. The summed E-state index contributed by atoms with van der Waals surface area (Å²) < 4.78 is 19.3. The van der Waals surface area contributed by atoms with E-state index >= 15 is 0 Å². The van der Waals surface area contributed by atoms with Crippen LogP contribution in [0.25, 0.3) is 9.69 Å². The molecule has 0 spiro atoms. The number of Topliss-reactive ketones (excluding diaryl/α,β-unsaturated/α-hetero) is 1. The van der Waals surface area contributed by atoms with Crippen LogP contribution in [-0.4, -0.2) is 36.5 Å². The minimum Gasteiger partial charge on any atom is -0.302 e. The normalized spacial score (nSPS) is 13.9. The van der Waals surface area contributed by atoms with Crippen LogP contribution in [0.4, 0.5) is 17.2 Å². The number of hydrogen-bond acceptors (Lipinski definition) is 6. The van der Waals surface area contributed by atoms with Crippen molar-refractivity contribution in [3.8, 4) is 0 Å². The van der Waals surface area contributed by atoms with Crippen LogP contribution in [0.2, 0.25) is 0 Å². The molecule has 0 saturated heterocycles. The molecule has 2 rings (SSSR count). The predicted molar refractivity (Wildman–Crippen MR) is 108 cm³/mol. The number of rotatable bonds is 6. The van der Waals surface area contributed by atoms with Crippen molar-refractivity contribution in [2.45, 2.75) is 32.4 Å². The van der Waals surface area contributed by atoms with Crippen molar-refractivity contribution in [3.63, 3.8) is 0 Å². The first-order chi connectivity index (χ1) is 13.7. The number of azo groups is 1. The van der Waals surface area contributed by atoms with Crippen LogP contribution in [0.3, 0.4) is 0 Å². The van der Waals surface area contributed by atoms with Gasteiger partial charge in [0.15, 0.2) is 11.1 Å². The first-order valence-electron chi connectivity index (χ1n) is 8.19. The minimum atomic E-state index is -2.17. The Labute approximate surface area is 169 Å². The highest BCUT2D eigenvalue weighted by molar-refractivity contribution is 7.93. The fourth-order valence-electron chi connectivity index (χ4n) is 2.24. The Bertz CT molecular complexity index is 1070. The van der Waals surface area contributed by atoms with Gasteiger partial charge in [0.2, 0.25) is 5.82 Å². The van der Waals surface area contributed by atoms with Crippen LogP contribution in [0.5, 0.6) is 0 Å². The zero-order chi connectivity index (χ0) is 21.6. The number of hydrogen-bond donors (Lipinski definition) is 2. The third-order valence-electron chi connectivity index (χ3n) is 3.65. The predicted octanol–water partition coefficient (Wildman–Crippen LogP) is 4.35. The lowest BCUT2D eigenvalue weighted by Gasteiger charge is -2.16. The number of aromatic amines is 1. The van der Waals surface area contributed by atoms with E-state index in [9.17, 15) is 9.00 Å². The van der Waals surface area contributed by atoms with E-state index in [-0.39, 0.29) is 22.5 Å². The van der Waals surface area contributed by atoms with E-state index in [0.717, 1.165) is 5.55 Å². The van der Waals surface area contributed by atoms with Crippen molar-refractivity contribution in [1.82, 2.24) is 10.2 Å². The number of carbonyl (C=O) groups excluding carboxylic acids is 1. The first-order valence-corrected chi connectivity index (χ1v) is 9.36. The fraction of sp³-hybridized carbons (Fsp3) is 0.278. The third-order valence-corrected chi connectivity index (χ3v) is 3.93. The van der Waals surface area contributed by atoms with E-state index in [0.29, 0.717) is 11.4 Å². The molecule has 148 valence electrons. The van der Waals surface area contributed by atoms with E-state index in [2.05, 4.69) is 35.1 Å². The second-order valence-corrected chi connectivity index (χ2v) is 7.54. The molecule has 0 aliphatic carbocycles. The quantitative estimate of drug-likeness (QED) is 0.183. The molecule has 0 radical (unpaired) electrons. The molecule has 1 aromatic carbocycles. The molecule has 10 nitrogen and oxygen atoms in total. The Morgan fingerprint density at radius 1 is 1.31 bits per heavy atom. The highest BCUT2D eigenvalue weighted by Crippen LogP contribution is 2.37. The Hall–Kier alpha value is -3.54. The second-order valence-electron chi connectivity index (χ2n) is 6.77. The average molecular weight is 411 g/mol. The van der Waals surface area contributed by atoms with Crippen LogP contribution in [0.1, 0.15) is 36.8 Å². The number of H-pyrrole nitrogens is 1. The zero-order valence-electron chi connectivity index (χ0n) is 15.8. The van der Waals surface area contributed by atoms with Crippen molar-refractivity contribution in [2.75, 3.05) is 0 Å². The summed E-state index contributed by atoms with van der Waals surface area (Å²) in [4.78, 5) is 22.9. The summed E-state index contributed by atoms with van der Waals surface area (Å²) in [7, 11) is 0. The zero-order valence-corrected chi connectivity index (χ0v) is 16.6. The molecule has 2 N–H and O–H groups in total. The summed E-state index contributed by atoms with van der Waals surface area (Å²) in [5.41, 5.74) is 1.85. The van der Waals surface area contributed by atoms with E-state index in [4.69, 9.17) is 17.7 Å². The summed E-state index contributed by atoms with van der Waals surface area (Å²) in [6, 6.07) is 5.80. The Kier molecular flexibility index (Phi) is 6.83. The standard InChI is InChI=1S/C18H17N7O3S/c1-18(2,3)15-13(19-4)16(23-22-15)24-25-17(20-5)14(26)11-6-8-12(9-7-11)21-10-29(27)28/h6-10,17H,1-3H3,(H,22,23)(H,27,28). The van der Waals surface area contributed by atoms with Gasteiger partial charge in [-0.25, -0.2) is 20.6 Å². The molecule has 0 amide bonds. The number of benzene rings is 1. The molecule has 0 aliphatic heterocycles. The third kappa shape index (κ3) is 5.48. The topological polar surface area (TPSA) is 129 Å². The van der Waals surface area contributed by atoms with Gasteiger partial charge in [-0.1, -0.05) is 25.9 Å². The number of aliphatic imine (C=N–C) groups is 1. The molecule has 2 unspecified atom stereocenters. The molecule has 29 heavy (non-hydrogen) atoms. The summed E-state index contributed by atoms with van der Waals surface area (Å²) in [6.07, 6.45) is -1.43. The largest absolute Gasteiger partial charge is 0.395 e. The first kappa shape index (κ1) is 21.8. The molecule has 2 aromatic rings. The maximum atomic E-state index is 12.5.